The molecule has 0 aromatic heterocycles. The molecule has 0 spiro atoms. The molecule has 10 heteroatoms. The molecule has 0 aliphatic carbocycles. The first-order chi connectivity index (χ1) is 18.4. The Hall–Kier alpha value is -4.31. The Morgan fingerprint density at radius 1 is 0.842 bits per heavy atom. The standard InChI is InChI=1S/C28H25BrN2O7/c1-3-36-25-17-18(4-13-24(25)38-15-14-37-22-11-9-21(35-2)10-12-22)16-23-26(32)30-28(34)31(27(23)33)20-7-5-19(29)6-8-20/h4-13,16-17H,3,14-15H2,1-2H3,(H,30,32,34)/b23-16-. The third-order valence-corrected chi connectivity index (χ3v) is 5.96. The fourth-order valence-corrected chi connectivity index (χ4v) is 3.90. The van der Waals surface area contributed by atoms with E-state index >= 15 is 0 Å². The van der Waals surface area contributed by atoms with Crippen molar-refractivity contribution < 1.29 is 33.3 Å². The maximum Gasteiger partial charge on any atom is 0.335 e. The lowest BCUT2D eigenvalue weighted by atomic mass is 10.1. The molecule has 1 aliphatic rings. The Labute approximate surface area is 228 Å². The molecule has 1 heterocycles. The maximum absolute atomic E-state index is 13.1. The third kappa shape index (κ3) is 6.33. The second-order valence-corrected chi connectivity index (χ2v) is 8.86. The van der Waals surface area contributed by atoms with Gasteiger partial charge in [0.25, 0.3) is 11.8 Å². The first kappa shape index (κ1) is 26.7. The van der Waals surface area contributed by atoms with Gasteiger partial charge in [0.15, 0.2) is 11.5 Å². The number of methoxy groups -OCH3 is 1. The van der Waals surface area contributed by atoms with Crippen LogP contribution >= 0.6 is 15.9 Å². The molecule has 4 rings (SSSR count). The number of anilines is 1. The number of nitrogens with one attached hydrogen (secondary N) is 1. The molecule has 3 aromatic carbocycles. The van der Waals surface area contributed by atoms with Crippen LogP contribution in [0.3, 0.4) is 0 Å². The van der Waals surface area contributed by atoms with Gasteiger partial charge >= 0.3 is 6.03 Å². The van der Waals surface area contributed by atoms with Crippen molar-refractivity contribution in [3.05, 3.63) is 82.3 Å². The van der Waals surface area contributed by atoms with Gasteiger partial charge < -0.3 is 18.9 Å². The Balaban J connectivity index is 1.48. The molecule has 0 unspecified atom stereocenters. The van der Waals surface area contributed by atoms with Crippen molar-refractivity contribution >= 4 is 45.5 Å². The van der Waals surface area contributed by atoms with E-state index in [4.69, 9.17) is 18.9 Å². The van der Waals surface area contributed by atoms with Gasteiger partial charge in [0.1, 0.15) is 30.3 Å². The molecule has 9 nitrogen and oxygen atoms in total. The maximum atomic E-state index is 13.1. The average molecular weight is 581 g/mol. The second kappa shape index (κ2) is 12.3. The molecule has 1 fully saturated rings. The largest absolute Gasteiger partial charge is 0.497 e. The van der Waals surface area contributed by atoms with Gasteiger partial charge in [-0.05, 0) is 79.2 Å². The molecular weight excluding hydrogens is 556 g/mol. The van der Waals surface area contributed by atoms with Crippen molar-refractivity contribution in [1.82, 2.24) is 5.32 Å². The van der Waals surface area contributed by atoms with Crippen LogP contribution in [0.4, 0.5) is 10.5 Å². The highest BCUT2D eigenvalue weighted by atomic mass is 79.9. The number of barbiturate groups is 1. The minimum Gasteiger partial charge on any atom is -0.497 e. The first-order valence-electron chi connectivity index (χ1n) is 11.7. The van der Waals surface area contributed by atoms with E-state index in [0.29, 0.717) is 41.7 Å². The van der Waals surface area contributed by atoms with Crippen LogP contribution in [0.1, 0.15) is 12.5 Å². The Morgan fingerprint density at radius 3 is 2.21 bits per heavy atom. The van der Waals surface area contributed by atoms with E-state index in [1.807, 2.05) is 19.1 Å². The molecule has 1 saturated heterocycles. The van der Waals surface area contributed by atoms with Gasteiger partial charge in [-0.25, -0.2) is 9.69 Å². The summed E-state index contributed by atoms with van der Waals surface area (Å²) in [4.78, 5) is 39.0. The summed E-state index contributed by atoms with van der Waals surface area (Å²) >= 11 is 3.32. The Kier molecular flexibility index (Phi) is 8.65. The number of nitrogens with zero attached hydrogens (tertiary/aromatic N) is 1. The molecule has 4 amide bonds. The van der Waals surface area contributed by atoms with E-state index in [9.17, 15) is 14.4 Å². The van der Waals surface area contributed by atoms with Gasteiger partial charge in [-0.15, -0.1) is 0 Å². The number of imide groups is 2. The van der Waals surface area contributed by atoms with E-state index in [0.717, 1.165) is 15.1 Å². The number of rotatable bonds is 10. The van der Waals surface area contributed by atoms with Crippen LogP contribution in [0, 0.1) is 0 Å². The molecule has 1 aliphatic heterocycles. The van der Waals surface area contributed by atoms with Crippen molar-refractivity contribution in [3.63, 3.8) is 0 Å². The van der Waals surface area contributed by atoms with Gasteiger partial charge in [0.2, 0.25) is 0 Å². The number of urea groups is 1. The van der Waals surface area contributed by atoms with Crippen LogP contribution in [-0.4, -0.2) is 44.8 Å². The summed E-state index contributed by atoms with van der Waals surface area (Å²) in [6.45, 7) is 2.78. The van der Waals surface area contributed by atoms with E-state index in [1.54, 1.807) is 61.7 Å². The number of benzene rings is 3. The normalized spacial score (nSPS) is 14.3. The molecule has 0 saturated carbocycles. The van der Waals surface area contributed by atoms with E-state index in [2.05, 4.69) is 21.2 Å². The predicted molar refractivity (Wildman–Crippen MR) is 145 cm³/mol. The van der Waals surface area contributed by atoms with Crippen LogP contribution in [0.2, 0.25) is 0 Å². The zero-order valence-electron chi connectivity index (χ0n) is 20.7. The Bertz CT molecular complexity index is 1350. The molecule has 3 aromatic rings. The van der Waals surface area contributed by atoms with Crippen molar-refractivity contribution in [3.8, 4) is 23.0 Å². The lowest BCUT2D eigenvalue weighted by Crippen LogP contribution is -2.54. The van der Waals surface area contributed by atoms with Gasteiger partial charge in [-0.3, -0.25) is 14.9 Å². The summed E-state index contributed by atoms with van der Waals surface area (Å²) < 4.78 is 23.2. The number of halogens is 1. The van der Waals surface area contributed by atoms with Crippen LogP contribution in [0.5, 0.6) is 23.0 Å². The molecule has 38 heavy (non-hydrogen) atoms. The predicted octanol–water partition coefficient (Wildman–Crippen LogP) is 4.98. The highest BCUT2D eigenvalue weighted by Gasteiger charge is 2.36. The summed E-state index contributed by atoms with van der Waals surface area (Å²) in [5.74, 6) is 0.851. The summed E-state index contributed by atoms with van der Waals surface area (Å²) in [5, 5.41) is 2.22. The van der Waals surface area contributed by atoms with Crippen LogP contribution in [0.25, 0.3) is 6.08 Å². The number of hydrogen-bond donors (Lipinski definition) is 1. The van der Waals surface area contributed by atoms with Crippen LogP contribution in [-0.2, 0) is 9.59 Å². The van der Waals surface area contributed by atoms with Crippen LogP contribution < -0.4 is 29.2 Å². The fraction of sp³-hybridized carbons (Fsp3) is 0.179. The summed E-state index contributed by atoms with van der Waals surface area (Å²) in [6.07, 6.45) is 1.41. The molecule has 0 atom stereocenters. The zero-order chi connectivity index (χ0) is 27.1. The van der Waals surface area contributed by atoms with Gasteiger partial charge in [0, 0.05) is 4.47 Å². The zero-order valence-corrected chi connectivity index (χ0v) is 22.3. The lowest BCUT2D eigenvalue weighted by molar-refractivity contribution is -0.122. The number of carbonyl (C=O) groups is 3. The number of ether oxygens (including phenoxy) is 4. The van der Waals surface area contributed by atoms with Gasteiger partial charge in [0.05, 0.1) is 19.4 Å². The number of amides is 4. The minimum absolute atomic E-state index is 0.184. The molecule has 0 radical (unpaired) electrons. The topological polar surface area (TPSA) is 103 Å². The Morgan fingerprint density at radius 2 is 1.53 bits per heavy atom. The number of hydrogen-bond acceptors (Lipinski definition) is 7. The lowest BCUT2D eigenvalue weighted by Gasteiger charge is -2.26. The highest BCUT2D eigenvalue weighted by Crippen LogP contribution is 2.30. The van der Waals surface area contributed by atoms with Crippen molar-refractivity contribution in [2.24, 2.45) is 0 Å². The summed E-state index contributed by atoms with van der Waals surface area (Å²) in [6, 6.07) is 18.1. The SMILES string of the molecule is CCOc1cc(/C=C2/C(=O)NC(=O)N(c3ccc(Br)cc3)C2=O)ccc1OCCOc1ccc(OC)cc1. The average Bonchev–Trinajstić information content (AvgIpc) is 2.91. The number of carbonyl (C=O) groups excluding carboxylic acids is 3. The molecular formula is C28H25BrN2O7. The summed E-state index contributed by atoms with van der Waals surface area (Å²) in [7, 11) is 1.60. The van der Waals surface area contributed by atoms with E-state index in [1.165, 1.54) is 6.08 Å². The third-order valence-electron chi connectivity index (χ3n) is 5.43. The van der Waals surface area contributed by atoms with Gasteiger partial charge in [-0.1, -0.05) is 22.0 Å². The van der Waals surface area contributed by atoms with Crippen molar-refractivity contribution in [2.75, 3.05) is 31.8 Å². The van der Waals surface area contributed by atoms with E-state index < -0.39 is 17.8 Å². The monoisotopic (exact) mass is 580 g/mol. The summed E-state index contributed by atoms with van der Waals surface area (Å²) in [5.41, 5.74) is 0.681. The van der Waals surface area contributed by atoms with E-state index in [-0.39, 0.29) is 12.2 Å². The van der Waals surface area contributed by atoms with Crippen LogP contribution in [0.15, 0.2) is 76.8 Å². The molecule has 0 bridgehead atoms. The van der Waals surface area contributed by atoms with Crippen molar-refractivity contribution in [2.45, 2.75) is 6.92 Å². The first-order valence-corrected chi connectivity index (χ1v) is 12.5. The minimum atomic E-state index is -0.810. The quantitative estimate of drug-likeness (QED) is 0.205. The fourth-order valence-electron chi connectivity index (χ4n) is 3.63. The molecule has 196 valence electrons. The van der Waals surface area contributed by atoms with Crippen molar-refractivity contribution in [1.29, 1.82) is 0 Å². The smallest absolute Gasteiger partial charge is 0.335 e. The highest BCUT2D eigenvalue weighted by molar-refractivity contribution is 9.10. The second-order valence-electron chi connectivity index (χ2n) is 7.95. The molecule has 1 N–H and O–H groups in total. The van der Waals surface area contributed by atoms with Gasteiger partial charge in [-0.2, -0.15) is 0 Å².